The molecule has 1 fully saturated rings. The molecule has 0 aromatic heterocycles. The minimum absolute atomic E-state index is 0.0514. The number of hydrogen-bond donors (Lipinski definition) is 0. The van der Waals surface area contributed by atoms with E-state index >= 15 is 0 Å². The molecule has 1 unspecified atom stereocenters. The van der Waals surface area contributed by atoms with E-state index in [2.05, 4.69) is 12.1 Å². The highest BCUT2D eigenvalue weighted by Crippen LogP contribution is 2.19. The standard InChI is InChI=1S/C15H20N2O2/c1-16(2)15(19)13-10-14(18)17(11-13)9-8-12-6-4-3-5-7-12/h3-7,13H,8-11H2,1-2H3. The summed E-state index contributed by atoms with van der Waals surface area (Å²) in [5.41, 5.74) is 1.22. The summed E-state index contributed by atoms with van der Waals surface area (Å²) in [6, 6.07) is 10.1. The molecule has 19 heavy (non-hydrogen) atoms. The lowest BCUT2D eigenvalue weighted by Crippen LogP contribution is -2.32. The minimum Gasteiger partial charge on any atom is -0.349 e. The molecule has 4 heteroatoms. The maximum atomic E-state index is 11.9. The van der Waals surface area contributed by atoms with E-state index in [-0.39, 0.29) is 17.7 Å². The zero-order chi connectivity index (χ0) is 13.8. The highest BCUT2D eigenvalue weighted by molar-refractivity contribution is 5.89. The number of carbonyl (C=O) groups is 2. The molecule has 1 aliphatic rings. The van der Waals surface area contributed by atoms with Crippen molar-refractivity contribution in [3.63, 3.8) is 0 Å². The summed E-state index contributed by atoms with van der Waals surface area (Å²) in [6.07, 6.45) is 1.20. The molecule has 0 aliphatic carbocycles. The van der Waals surface area contributed by atoms with Crippen LogP contribution in [0.3, 0.4) is 0 Å². The number of likely N-dealkylation sites (tertiary alicyclic amines) is 1. The summed E-state index contributed by atoms with van der Waals surface area (Å²) in [7, 11) is 3.47. The molecule has 0 N–H and O–H groups in total. The highest BCUT2D eigenvalue weighted by Gasteiger charge is 2.34. The van der Waals surface area contributed by atoms with Gasteiger partial charge in [0, 0.05) is 33.6 Å². The van der Waals surface area contributed by atoms with E-state index in [0.29, 0.717) is 19.5 Å². The summed E-state index contributed by atoms with van der Waals surface area (Å²) in [5, 5.41) is 0. The van der Waals surface area contributed by atoms with Crippen molar-refractivity contribution in [2.24, 2.45) is 5.92 Å². The smallest absolute Gasteiger partial charge is 0.227 e. The molecule has 0 bridgehead atoms. The Balaban J connectivity index is 1.89. The van der Waals surface area contributed by atoms with Crippen molar-refractivity contribution in [2.75, 3.05) is 27.2 Å². The third kappa shape index (κ3) is 3.34. The van der Waals surface area contributed by atoms with Gasteiger partial charge in [-0.2, -0.15) is 0 Å². The number of nitrogens with zero attached hydrogens (tertiary/aromatic N) is 2. The summed E-state index contributed by atoms with van der Waals surface area (Å²) in [4.78, 5) is 27.1. The zero-order valence-electron chi connectivity index (χ0n) is 11.5. The zero-order valence-corrected chi connectivity index (χ0v) is 11.5. The number of carbonyl (C=O) groups excluding carboxylic acids is 2. The SMILES string of the molecule is CN(C)C(=O)C1CC(=O)N(CCc2ccccc2)C1. The number of amides is 2. The molecule has 2 amide bonds. The van der Waals surface area contributed by atoms with Gasteiger partial charge < -0.3 is 9.80 Å². The third-order valence-electron chi connectivity index (χ3n) is 3.52. The van der Waals surface area contributed by atoms with Crippen LogP contribution in [0.5, 0.6) is 0 Å². The fraction of sp³-hybridized carbons (Fsp3) is 0.467. The van der Waals surface area contributed by atoms with E-state index < -0.39 is 0 Å². The van der Waals surface area contributed by atoms with Gasteiger partial charge in [0.2, 0.25) is 11.8 Å². The molecular weight excluding hydrogens is 240 g/mol. The molecular formula is C15H20N2O2. The van der Waals surface area contributed by atoms with E-state index in [1.807, 2.05) is 18.2 Å². The van der Waals surface area contributed by atoms with Crippen LogP contribution in [0.15, 0.2) is 30.3 Å². The average Bonchev–Trinajstić information content (AvgIpc) is 2.78. The van der Waals surface area contributed by atoms with Gasteiger partial charge in [0.15, 0.2) is 0 Å². The second-order valence-corrected chi connectivity index (χ2v) is 5.21. The van der Waals surface area contributed by atoms with E-state index in [9.17, 15) is 9.59 Å². The van der Waals surface area contributed by atoms with Gasteiger partial charge in [-0.15, -0.1) is 0 Å². The lowest BCUT2D eigenvalue weighted by Gasteiger charge is -2.18. The Morgan fingerprint density at radius 3 is 2.63 bits per heavy atom. The first-order valence-corrected chi connectivity index (χ1v) is 6.61. The fourth-order valence-corrected chi connectivity index (χ4v) is 2.43. The van der Waals surface area contributed by atoms with Gasteiger partial charge in [-0.05, 0) is 12.0 Å². The van der Waals surface area contributed by atoms with Crippen molar-refractivity contribution >= 4 is 11.8 Å². The predicted octanol–water partition coefficient (Wildman–Crippen LogP) is 1.17. The van der Waals surface area contributed by atoms with Crippen LogP contribution in [0.25, 0.3) is 0 Å². The highest BCUT2D eigenvalue weighted by atomic mass is 16.2. The largest absolute Gasteiger partial charge is 0.349 e. The molecule has 1 aromatic carbocycles. The monoisotopic (exact) mass is 260 g/mol. The molecule has 1 atom stereocenters. The number of hydrogen-bond acceptors (Lipinski definition) is 2. The van der Waals surface area contributed by atoms with Crippen LogP contribution in [0, 0.1) is 5.92 Å². The summed E-state index contributed by atoms with van der Waals surface area (Å²) in [5.74, 6) is -0.0232. The maximum absolute atomic E-state index is 11.9. The van der Waals surface area contributed by atoms with Gasteiger partial charge in [-0.3, -0.25) is 9.59 Å². The molecule has 1 aliphatic heterocycles. The van der Waals surface area contributed by atoms with Gasteiger partial charge in [0.1, 0.15) is 0 Å². The van der Waals surface area contributed by atoms with Crippen molar-refractivity contribution in [1.29, 1.82) is 0 Å². The molecule has 1 aromatic rings. The Morgan fingerprint density at radius 1 is 1.32 bits per heavy atom. The molecule has 4 nitrogen and oxygen atoms in total. The Labute approximate surface area is 114 Å². The van der Waals surface area contributed by atoms with Crippen molar-refractivity contribution in [3.05, 3.63) is 35.9 Å². The van der Waals surface area contributed by atoms with Crippen LogP contribution in [-0.4, -0.2) is 48.8 Å². The Morgan fingerprint density at radius 2 is 2.00 bits per heavy atom. The van der Waals surface area contributed by atoms with Crippen molar-refractivity contribution in [2.45, 2.75) is 12.8 Å². The molecule has 1 saturated heterocycles. The van der Waals surface area contributed by atoms with Crippen molar-refractivity contribution in [1.82, 2.24) is 9.80 Å². The molecule has 0 radical (unpaired) electrons. The first-order chi connectivity index (χ1) is 9.08. The third-order valence-corrected chi connectivity index (χ3v) is 3.52. The topological polar surface area (TPSA) is 40.6 Å². The van der Waals surface area contributed by atoms with Gasteiger partial charge in [0.25, 0.3) is 0 Å². The summed E-state index contributed by atoms with van der Waals surface area (Å²) >= 11 is 0. The van der Waals surface area contributed by atoms with Gasteiger partial charge in [-0.25, -0.2) is 0 Å². The van der Waals surface area contributed by atoms with Crippen LogP contribution >= 0.6 is 0 Å². The van der Waals surface area contributed by atoms with Crippen molar-refractivity contribution in [3.8, 4) is 0 Å². The van der Waals surface area contributed by atoms with Crippen LogP contribution in [0.4, 0.5) is 0 Å². The Kier molecular flexibility index (Phi) is 4.20. The predicted molar refractivity (Wildman–Crippen MR) is 73.5 cm³/mol. The molecule has 0 saturated carbocycles. The van der Waals surface area contributed by atoms with Crippen LogP contribution < -0.4 is 0 Å². The average molecular weight is 260 g/mol. The molecule has 0 spiro atoms. The molecule has 1 heterocycles. The molecule has 2 rings (SSSR count). The van der Waals surface area contributed by atoms with Crippen molar-refractivity contribution < 1.29 is 9.59 Å². The quantitative estimate of drug-likeness (QED) is 0.815. The summed E-state index contributed by atoms with van der Waals surface area (Å²) < 4.78 is 0. The Bertz CT molecular complexity index is 456. The fourth-order valence-electron chi connectivity index (χ4n) is 2.43. The second kappa shape index (κ2) is 5.87. The minimum atomic E-state index is -0.168. The molecule has 102 valence electrons. The second-order valence-electron chi connectivity index (χ2n) is 5.21. The first kappa shape index (κ1) is 13.6. The maximum Gasteiger partial charge on any atom is 0.227 e. The number of benzene rings is 1. The normalized spacial score (nSPS) is 18.7. The van der Waals surface area contributed by atoms with Crippen LogP contribution in [0.1, 0.15) is 12.0 Å². The van der Waals surface area contributed by atoms with Gasteiger partial charge in [-0.1, -0.05) is 30.3 Å². The summed E-state index contributed by atoms with van der Waals surface area (Å²) in [6.45, 7) is 1.25. The van der Waals surface area contributed by atoms with E-state index in [1.54, 1.807) is 23.9 Å². The van der Waals surface area contributed by atoms with Gasteiger partial charge in [0.05, 0.1) is 5.92 Å². The van der Waals surface area contributed by atoms with Gasteiger partial charge >= 0.3 is 0 Å². The number of rotatable bonds is 4. The lowest BCUT2D eigenvalue weighted by molar-refractivity contribution is -0.133. The van der Waals surface area contributed by atoms with E-state index in [4.69, 9.17) is 0 Å². The van der Waals surface area contributed by atoms with Crippen LogP contribution in [-0.2, 0) is 16.0 Å². The lowest BCUT2D eigenvalue weighted by atomic mass is 10.1. The Hall–Kier alpha value is -1.84. The van der Waals surface area contributed by atoms with Crippen LogP contribution in [0.2, 0.25) is 0 Å². The van der Waals surface area contributed by atoms with E-state index in [0.717, 1.165) is 6.42 Å². The first-order valence-electron chi connectivity index (χ1n) is 6.61. The van der Waals surface area contributed by atoms with E-state index in [1.165, 1.54) is 5.56 Å².